The fourth-order valence-electron chi connectivity index (χ4n) is 2.38. The first-order valence-corrected chi connectivity index (χ1v) is 5.45. The van der Waals surface area contributed by atoms with Crippen LogP contribution in [0.2, 0.25) is 0 Å². The Morgan fingerprint density at radius 2 is 1.55 bits per heavy atom. The summed E-state index contributed by atoms with van der Waals surface area (Å²) in [5.41, 5.74) is 5.25. The molecule has 0 nitrogen and oxygen atoms in total. The van der Waals surface area contributed by atoms with Gasteiger partial charge in [-0.25, -0.2) is 0 Å². The van der Waals surface area contributed by atoms with Crippen LogP contribution in [0.1, 0.15) is 35.3 Å². The Balaban J connectivity index is 2.23. The van der Waals surface area contributed by atoms with Crippen LogP contribution in [0.15, 0.2) is 24.3 Å². The number of hydrogen-bond acceptors (Lipinski definition) is 0. The summed E-state index contributed by atoms with van der Waals surface area (Å²) in [5, 5.41) is 0. The first kappa shape index (κ1) is 6.20. The zero-order valence-corrected chi connectivity index (χ0v) is 7.38. The molecule has 0 saturated carbocycles. The molecule has 0 N–H and O–H groups in total. The summed E-state index contributed by atoms with van der Waals surface area (Å²) in [7, 11) is 1.20. The van der Waals surface area contributed by atoms with Crippen LogP contribution in [0, 0.1) is 0 Å². The van der Waals surface area contributed by atoms with Crippen molar-refractivity contribution in [1.29, 1.82) is 0 Å². The average molecular weight is 162 g/mol. The van der Waals surface area contributed by atoms with Crippen LogP contribution in [-0.4, -0.2) is 0 Å². The second-order valence-corrected chi connectivity index (χ2v) is 5.21. The molecule has 0 aromatic heterocycles. The molecule has 56 valence electrons. The van der Waals surface area contributed by atoms with Gasteiger partial charge in [0.1, 0.15) is 0 Å². The summed E-state index contributed by atoms with van der Waals surface area (Å²) in [6, 6.07) is 9.02. The van der Waals surface area contributed by atoms with E-state index in [0.717, 1.165) is 11.3 Å². The fraction of sp³-hybridized carbons (Fsp3) is 0.400. The summed E-state index contributed by atoms with van der Waals surface area (Å²) < 4.78 is 0. The van der Waals surface area contributed by atoms with Crippen molar-refractivity contribution in [3.8, 4) is 0 Å². The van der Waals surface area contributed by atoms with Gasteiger partial charge in [0.2, 0.25) is 0 Å². The molecule has 0 amide bonds. The average Bonchev–Trinajstić information content (AvgIpc) is 2.64. The van der Waals surface area contributed by atoms with E-state index in [9.17, 15) is 0 Å². The van der Waals surface area contributed by atoms with Crippen molar-refractivity contribution < 1.29 is 0 Å². The van der Waals surface area contributed by atoms with Crippen LogP contribution in [0.25, 0.3) is 0 Å². The topological polar surface area (TPSA) is 0 Å². The maximum absolute atomic E-state index is 2.33. The zero-order chi connectivity index (χ0) is 7.26. The molecule has 0 spiro atoms. The molecule has 2 unspecified atom stereocenters. The minimum absolute atomic E-state index is 0.955. The van der Waals surface area contributed by atoms with Gasteiger partial charge < -0.3 is 0 Å². The number of hydrogen-bond donors (Lipinski definition) is 0. The number of fused-ring (bicyclic) bond motifs is 5. The van der Waals surface area contributed by atoms with Crippen molar-refractivity contribution in [2.24, 2.45) is 0 Å². The zero-order valence-electron chi connectivity index (χ0n) is 6.38. The van der Waals surface area contributed by atoms with E-state index in [1.165, 1.54) is 21.4 Å². The van der Waals surface area contributed by atoms with Crippen LogP contribution >= 0.6 is 8.58 Å². The van der Waals surface area contributed by atoms with E-state index in [2.05, 4.69) is 24.3 Å². The first-order chi connectivity index (χ1) is 5.45. The van der Waals surface area contributed by atoms with E-state index < -0.39 is 0 Å². The molecule has 1 heteroatoms. The minimum Gasteiger partial charge on any atom is -0.107 e. The van der Waals surface area contributed by atoms with Crippen molar-refractivity contribution in [3.05, 3.63) is 35.4 Å². The van der Waals surface area contributed by atoms with E-state index in [-0.39, 0.29) is 0 Å². The maximum atomic E-state index is 2.33. The van der Waals surface area contributed by atoms with Crippen molar-refractivity contribution >= 4 is 8.58 Å². The van der Waals surface area contributed by atoms with E-state index in [1.807, 2.05) is 0 Å². The second kappa shape index (κ2) is 2.08. The van der Waals surface area contributed by atoms with Gasteiger partial charge in [0.05, 0.1) is 0 Å². The van der Waals surface area contributed by atoms with Crippen LogP contribution in [0.4, 0.5) is 0 Å². The third-order valence-electron chi connectivity index (χ3n) is 2.89. The molecule has 1 fully saturated rings. The highest BCUT2D eigenvalue weighted by atomic mass is 31.1. The van der Waals surface area contributed by atoms with Gasteiger partial charge in [0.25, 0.3) is 0 Å². The van der Waals surface area contributed by atoms with Gasteiger partial charge in [-0.05, 0) is 24.0 Å². The van der Waals surface area contributed by atoms with Crippen molar-refractivity contribution in [1.82, 2.24) is 0 Å². The van der Waals surface area contributed by atoms with Crippen molar-refractivity contribution in [2.75, 3.05) is 0 Å². The summed E-state index contributed by atoms with van der Waals surface area (Å²) in [5.74, 6) is 0. The fourth-order valence-corrected chi connectivity index (χ4v) is 4.42. The highest BCUT2D eigenvalue weighted by molar-refractivity contribution is 7.40. The van der Waals surface area contributed by atoms with Crippen molar-refractivity contribution in [3.63, 3.8) is 0 Å². The molecule has 11 heavy (non-hydrogen) atoms. The van der Waals surface area contributed by atoms with E-state index in [4.69, 9.17) is 0 Å². The lowest BCUT2D eigenvalue weighted by Crippen LogP contribution is -1.95. The predicted molar refractivity (Wildman–Crippen MR) is 49.5 cm³/mol. The van der Waals surface area contributed by atoms with Gasteiger partial charge in [0.15, 0.2) is 0 Å². The largest absolute Gasteiger partial charge is 0.107 e. The molecular formula is C10H11P. The van der Waals surface area contributed by atoms with Crippen molar-refractivity contribution in [2.45, 2.75) is 24.2 Å². The predicted octanol–water partition coefficient (Wildman–Crippen LogP) is 3.25. The molecular weight excluding hydrogens is 151 g/mol. The Hall–Kier alpha value is -0.350. The van der Waals surface area contributed by atoms with Crippen LogP contribution < -0.4 is 0 Å². The normalized spacial score (nSPS) is 34.5. The molecule has 1 saturated heterocycles. The number of rotatable bonds is 0. The monoisotopic (exact) mass is 162 g/mol. The molecule has 3 rings (SSSR count). The molecule has 2 bridgehead atoms. The third kappa shape index (κ3) is 0.739. The molecule has 2 aliphatic rings. The highest BCUT2D eigenvalue weighted by Gasteiger charge is 2.35. The number of benzene rings is 1. The summed E-state index contributed by atoms with van der Waals surface area (Å²) in [6.07, 6.45) is 2.92. The van der Waals surface area contributed by atoms with Crippen LogP contribution in [0.3, 0.4) is 0 Å². The lowest BCUT2D eigenvalue weighted by Gasteiger charge is -2.12. The molecule has 0 radical (unpaired) electrons. The van der Waals surface area contributed by atoms with Gasteiger partial charge in [-0.15, -0.1) is 8.58 Å². The Bertz CT molecular complexity index is 264. The maximum Gasteiger partial charge on any atom is 0.00230 e. The standard InChI is InChI=1S/C10H11P/c1-2-4-8-7(3-1)9-5-6-10(8)11-9/h1-4,9-11H,5-6H2. The lowest BCUT2D eigenvalue weighted by molar-refractivity contribution is 0.717. The lowest BCUT2D eigenvalue weighted by atomic mass is 9.92. The van der Waals surface area contributed by atoms with Crippen LogP contribution in [-0.2, 0) is 0 Å². The Morgan fingerprint density at radius 1 is 1.00 bits per heavy atom. The van der Waals surface area contributed by atoms with Gasteiger partial charge in [-0.1, -0.05) is 24.3 Å². The SMILES string of the molecule is c1ccc2c(c1)C1CCC2P1. The van der Waals surface area contributed by atoms with Gasteiger partial charge in [-0.2, -0.15) is 0 Å². The first-order valence-electron chi connectivity index (χ1n) is 4.30. The highest BCUT2D eigenvalue weighted by Crippen LogP contribution is 2.65. The Morgan fingerprint density at radius 3 is 2.09 bits per heavy atom. The molecule has 2 heterocycles. The van der Waals surface area contributed by atoms with E-state index in [1.54, 1.807) is 11.1 Å². The summed E-state index contributed by atoms with van der Waals surface area (Å²) >= 11 is 0. The van der Waals surface area contributed by atoms with Gasteiger partial charge in [0, 0.05) is 11.3 Å². The van der Waals surface area contributed by atoms with Gasteiger partial charge >= 0.3 is 0 Å². The summed E-state index contributed by atoms with van der Waals surface area (Å²) in [6.45, 7) is 0. The van der Waals surface area contributed by atoms with Gasteiger partial charge in [-0.3, -0.25) is 0 Å². The molecule has 1 aromatic carbocycles. The molecule has 1 aromatic rings. The smallest absolute Gasteiger partial charge is 0.00230 e. The molecule has 2 atom stereocenters. The quantitative estimate of drug-likeness (QED) is 0.513. The van der Waals surface area contributed by atoms with E-state index >= 15 is 0 Å². The molecule has 0 aliphatic carbocycles. The minimum atomic E-state index is 0.955. The van der Waals surface area contributed by atoms with Crippen LogP contribution in [0.5, 0.6) is 0 Å². The summed E-state index contributed by atoms with van der Waals surface area (Å²) in [4.78, 5) is 0. The Labute approximate surface area is 68.8 Å². The Kier molecular flexibility index (Phi) is 1.17. The third-order valence-corrected chi connectivity index (χ3v) is 4.90. The second-order valence-electron chi connectivity index (χ2n) is 3.48. The van der Waals surface area contributed by atoms with E-state index in [0.29, 0.717) is 0 Å². The molecule has 2 aliphatic heterocycles.